The highest BCUT2D eigenvalue weighted by Gasteiger charge is 2.28. The minimum atomic E-state index is -2.48. The highest BCUT2D eigenvalue weighted by molar-refractivity contribution is 9.10. The van der Waals surface area contributed by atoms with E-state index in [9.17, 15) is 13.6 Å². The Bertz CT molecular complexity index is 408. The number of alkyl halides is 2. The van der Waals surface area contributed by atoms with E-state index in [2.05, 4.69) is 15.9 Å². The lowest BCUT2D eigenvalue weighted by atomic mass is 10.1. The van der Waals surface area contributed by atoms with Crippen molar-refractivity contribution in [2.24, 2.45) is 0 Å². The molecule has 0 aromatic heterocycles. The monoisotopic (exact) mass is 275 g/mol. The van der Waals surface area contributed by atoms with E-state index >= 15 is 0 Å². The van der Waals surface area contributed by atoms with Gasteiger partial charge in [0, 0.05) is 16.6 Å². The molecule has 0 unspecified atom stereocenters. The van der Waals surface area contributed by atoms with Crippen LogP contribution in [0.5, 0.6) is 0 Å². The largest absolute Gasteiger partial charge is 0.329 e. The molecule has 0 N–H and O–H groups in total. The van der Waals surface area contributed by atoms with Crippen LogP contribution in [0.1, 0.15) is 15.9 Å². The molecule has 2 nitrogen and oxygen atoms in total. The van der Waals surface area contributed by atoms with E-state index in [-0.39, 0.29) is 12.5 Å². The lowest BCUT2D eigenvalue weighted by Gasteiger charge is -2.13. The van der Waals surface area contributed by atoms with Gasteiger partial charge in [0.2, 0.25) is 0 Å². The first-order chi connectivity index (χ1) is 7.08. The fraction of sp³-hybridized carbons (Fsp3) is 0.300. The van der Waals surface area contributed by atoms with Gasteiger partial charge in [0.1, 0.15) is 0 Å². The molecule has 0 aliphatic carbocycles. The molecule has 0 bridgehead atoms. The number of hydrogen-bond acceptors (Lipinski definition) is 1. The summed E-state index contributed by atoms with van der Waals surface area (Å²) in [6, 6.07) is 5.19. The van der Waals surface area contributed by atoms with Gasteiger partial charge in [0.25, 0.3) is 12.3 Å². The second kappa shape index (κ2) is 3.89. The third kappa shape index (κ3) is 2.02. The average molecular weight is 276 g/mol. The summed E-state index contributed by atoms with van der Waals surface area (Å²) in [5.41, 5.74) is 1.33. The van der Waals surface area contributed by atoms with Crippen molar-refractivity contribution in [2.45, 2.75) is 13.0 Å². The van der Waals surface area contributed by atoms with Gasteiger partial charge in [-0.1, -0.05) is 15.9 Å². The number of rotatable bonds is 2. The molecule has 0 fully saturated rings. The molecule has 15 heavy (non-hydrogen) atoms. The van der Waals surface area contributed by atoms with E-state index in [1.807, 2.05) is 0 Å². The van der Waals surface area contributed by atoms with Crippen LogP contribution in [-0.4, -0.2) is 23.8 Å². The maximum absolute atomic E-state index is 12.2. The summed E-state index contributed by atoms with van der Waals surface area (Å²) in [4.78, 5) is 12.8. The molecule has 1 amide bonds. The Labute approximate surface area is 94.0 Å². The zero-order chi connectivity index (χ0) is 11.0. The van der Waals surface area contributed by atoms with Crippen LogP contribution in [0.4, 0.5) is 8.78 Å². The number of hydrogen-bond donors (Lipinski definition) is 0. The number of carbonyl (C=O) groups excluding carboxylic acids is 1. The first-order valence-electron chi connectivity index (χ1n) is 4.44. The van der Waals surface area contributed by atoms with Crippen LogP contribution in [-0.2, 0) is 6.54 Å². The van der Waals surface area contributed by atoms with Gasteiger partial charge in [0.15, 0.2) is 0 Å². The molecule has 2 rings (SSSR count). The van der Waals surface area contributed by atoms with Gasteiger partial charge in [-0.2, -0.15) is 0 Å². The van der Waals surface area contributed by atoms with Gasteiger partial charge in [-0.3, -0.25) is 4.79 Å². The Morgan fingerprint density at radius 2 is 2.20 bits per heavy atom. The van der Waals surface area contributed by atoms with Gasteiger partial charge < -0.3 is 4.90 Å². The number of carbonyl (C=O) groups is 1. The molecule has 1 aliphatic rings. The molecule has 1 aromatic rings. The van der Waals surface area contributed by atoms with E-state index in [1.54, 1.807) is 18.2 Å². The average Bonchev–Trinajstić information content (AvgIpc) is 2.42. The second-order valence-electron chi connectivity index (χ2n) is 3.38. The number of fused-ring (bicyclic) bond motifs is 1. The standard InChI is InChI=1S/C10H8BrF2NO/c11-7-1-2-8-6(3-7)4-14(10(8)15)5-9(12)13/h1-3,9H,4-5H2. The van der Waals surface area contributed by atoms with Crippen molar-refractivity contribution >= 4 is 21.8 Å². The van der Waals surface area contributed by atoms with Crippen LogP contribution in [0.25, 0.3) is 0 Å². The van der Waals surface area contributed by atoms with E-state index in [0.29, 0.717) is 5.56 Å². The second-order valence-corrected chi connectivity index (χ2v) is 4.29. The van der Waals surface area contributed by atoms with Crippen molar-refractivity contribution in [1.82, 2.24) is 4.90 Å². The molecule has 1 aliphatic heterocycles. The zero-order valence-corrected chi connectivity index (χ0v) is 9.30. The van der Waals surface area contributed by atoms with Crippen LogP contribution in [0, 0.1) is 0 Å². The summed E-state index contributed by atoms with van der Waals surface area (Å²) in [5.74, 6) is -0.308. The van der Waals surface area contributed by atoms with Crippen molar-refractivity contribution in [3.8, 4) is 0 Å². The van der Waals surface area contributed by atoms with Crippen molar-refractivity contribution in [1.29, 1.82) is 0 Å². The SMILES string of the molecule is O=C1c2ccc(Br)cc2CN1CC(F)F. The molecule has 0 saturated heterocycles. The molecule has 0 saturated carbocycles. The maximum atomic E-state index is 12.2. The van der Waals surface area contributed by atoms with Gasteiger partial charge in [-0.15, -0.1) is 0 Å². The number of halogens is 3. The predicted molar refractivity (Wildman–Crippen MR) is 54.9 cm³/mol. The fourth-order valence-electron chi connectivity index (χ4n) is 1.66. The molecular weight excluding hydrogens is 268 g/mol. The fourth-order valence-corrected chi connectivity index (χ4v) is 2.07. The molecule has 0 radical (unpaired) electrons. The molecular formula is C10H8BrF2NO. The highest BCUT2D eigenvalue weighted by Crippen LogP contribution is 2.26. The maximum Gasteiger partial charge on any atom is 0.255 e. The summed E-state index contributed by atoms with van der Waals surface area (Å²) in [6.07, 6.45) is -2.48. The quantitative estimate of drug-likeness (QED) is 0.813. The molecule has 0 spiro atoms. The summed E-state index contributed by atoms with van der Waals surface area (Å²) in [5, 5.41) is 0. The van der Waals surface area contributed by atoms with E-state index < -0.39 is 13.0 Å². The Kier molecular flexibility index (Phi) is 2.73. The third-order valence-electron chi connectivity index (χ3n) is 2.30. The van der Waals surface area contributed by atoms with E-state index in [0.717, 1.165) is 10.0 Å². The van der Waals surface area contributed by atoms with Gasteiger partial charge in [-0.05, 0) is 23.8 Å². The lowest BCUT2D eigenvalue weighted by Crippen LogP contribution is -2.29. The minimum absolute atomic E-state index is 0.276. The summed E-state index contributed by atoms with van der Waals surface area (Å²) in [7, 11) is 0. The Morgan fingerprint density at radius 1 is 1.47 bits per heavy atom. The van der Waals surface area contributed by atoms with Crippen LogP contribution in [0.2, 0.25) is 0 Å². The first-order valence-corrected chi connectivity index (χ1v) is 5.23. The topological polar surface area (TPSA) is 20.3 Å². The molecule has 5 heteroatoms. The van der Waals surface area contributed by atoms with Gasteiger partial charge in [0.05, 0.1) is 6.54 Å². The third-order valence-corrected chi connectivity index (χ3v) is 2.80. The molecule has 0 atom stereocenters. The Hall–Kier alpha value is -0.970. The predicted octanol–water partition coefficient (Wildman–Crippen LogP) is 2.67. The van der Waals surface area contributed by atoms with E-state index in [4.69, 9.17) is 0 Å². The first kappa shape index (κ1) is 10.5. The van der Waals surface area contributed by atoms with Gasteiger partial charge in [-0.25, -0.2) is 8.78 Å². The number of amides is 1. The number of benzene rings is 1. The van der Waals surface area contributed by atoms with Crippen molar-refractivity contribution in [2.75, 3.05) is 6.54 Å². The van der Waals surface area contributed by atoms with Crippen LogP contribution >= 0.6 is 15.9 Å². The van der Waals surface area contributed by atoms with Crippen molar-refractivity contribution in [3.05, 3.63) is 33.8 Å². The van der Waals surface area contributed by atoms with Crippen LogP contribution in [0.15, 0.2) is 22.7 Å². The van der Waals surface area contributed by atoms with Crippen LogP contribution < -0.4 is 0 Å². The molecule has 1 heterocycles. The summed E-state index contributed by atoms with van der Waals surface area (Å²) in [6.45, 7) is -0.219. The van der Waals surface area contributed by atoms with Crippen LogP contribution in [0.3, 0.4) is 0 Å². The highest BCUT2D eigenvalue weighted by atomic mass is 79.9. The normalized spacial score (nSPS) is 14.9. The summed E-state index contributed by atoms with van der Waals surface area (Å²) < 4.78 is 25.2. The molecule has 1 aromatic carbocycles. The Morgan fingerprint density at radius 3 is 2.87 bits per heavy atom. The smallest absolute Gasteiger partial charge is 0.255 e. The molecule has 80 valence electrons. The van der Waals surface area contributed by atoms with Crippen molar-refractivity contribution in [3.63, 3.8) is 0 Å². The zero-order valence-electron chi connectivity index (χ0n) is 7.71. The van der Waals surface area contributed by atoms with Crippen molar-refractivity contribution < 1.29 is 13.6 Å². The number of nitrogens with zero attached hydrogens (tertiary/aromatic N) is 1. The lowest BCUT2D eigenvalue weighted by molar-refractivity contribution is 0.0577. The van der Waals surface area contributed by atoms with Gasteiger partial charge >= 0.3 is 0 Å². The summed E-state index contributed by atoms with van der Waals surface area (Å²) >= 11 is 3.28. The van der Waals surface area contributed by atoms with E-state index in [1.165, 1.54) is 4.90 Å². The minimum Gasteiger partial charge on any atom is -0.329 e. The Balaban J connectivity index is 2.25.